The van der Waals surface area contributed by atoms with Gasteiger partial charge >= 0.3 is 6.01 Å². The van der Waals surface area contributed by atoms with Crippen molar-refractivity contribution in [1.29, 1.82) is 0 Å². The summed E-state index contributed by atoms with van der Waals surface area (Å²) in [6, 6.07) is 15.0. The van der Waals surface area contributed by atoms with Crippen LogP contribution in [-0.4, -0.2) is 32.6 Å². The fourth-order valence-corrected chi connectivity index (χ4v) is 4.49. The predicted octanol–water partition coefficient (Wildman–Crippen LogP) is 5.26. The number of aromatic nitrogens is 3. The minimum Gasteiger partial charge on any atom is -0.493 e. The third-order valence-electron chi connectivity index (χ3n) is 5.98. The second-order valence-corrected chi connectivity index (χ2v) is 9.48. The summed E-state index contributed by atoms with van der Waals surface area (Å²) in [5.74, 6) is 1.16. The molecule has 0 spiro atoms. The molecule has 180 valence electrons. The first-order valence-electron chi connectivity index (χ1n) is 11.3. The van der Waals surface area contributed by atoms with Gasteiger partial charge in [-0.05, 0) is 55.8 Å². The fourth-order valence-electron chi connectivity index (χ4n) is 4.23. The van der Waals surface area contributed by atoms with Crippen LogP contribution in [0, 0.1) is 0 Å². The Morgan fingerprint density at radius 3 is 2.71 bits per heavy atom. The number of halogens is 1. The minimum atomic E-state index is -0.582. The molecule has 4 aromatic rings. The number of nitrogens with zero attached hydrogens (tertiary/aromatic N) is 2. The van der Waals surface area contributed by atoms with Gasteiger partial charge in [-0.3, -0.25) is 4.79 Å². The zero-order valence-corrected chi connectivity index (χ0v) is 20.3. The number of carbonyl (C=O) groups is 1. The average Bonchev–Trinajstić information content (AvgIpc) is 3.19. The van der Waals surface area contributed by atoms with E-state index < -0.39 is 11.6 Å². The Labute approximate surface area is 207 Å². The van der Waals surface area contributed by atoms with Gasteiger partial charge in [0.25, 0.3) is 0 Å². The molecule has 5 rings (SSSR count). The molecule has 1 amide bonds. The molecule has 3 N–H and O–H groups in total. The molecule has 0 fully saturated rings. The molecule has 2 aromatic heterocycles. The lowest BCUT2D eigenvalue weighted by molar-refractivity contribution is -0.120. The summed E-state index contributed by atoms with van der Waals surface area (Å²) >= 11 is 6.55. The number of hydrogen-bond acceptors (Lipinski definition) is 6. The SMILES string of the molecule is CC(=O)NC(C)(C)c1ccc(Oc2nc3nc(-c4ccc5c(c4)C(O)CCO5)c(Cl)cc3[nH]2)cc1. The van der Waals surface area contributed by atoms with Gasteiger partial charge < -0.3 is 24.9 Å². The smallest absolute Gasteiger partial charge is 0.301 e. The first-order valence-corrected chi connectivity index (χ1v) is 11.7. The van der Waals surface area contributed by atoms with Crippen LogP contribution in [0.5, 0.6) is 17.5 Å². The molecule has 0 bridgehead atoms. The molecule has 1 aliphatic rings. The lowest BCUT2D eigenvalue weighted by Crippen LogP contribution is -2.39. The lowest BCUT2D eigenvalue weighted by atomic mass is 9.94. The number of carbonyl (C=O) groups excluding carboxylic acids is 1. The number of benzene rings is 2. The van der Waals surface area contributed by atoms with Gasteiger partial charge in [0.2, 0.25) is 5.91 Å². The van der Waals surface area contributed by atoms with Crippen molar-refractivity contribution >= 4 is 28.7 Å². The number of pyridine rings is 1. The quantitative estimate of drug-likeness (QED) is 0.350. The van der Waals surface area contributed by atoms with E-state index in [1.165, 1.54) is 6.92 Å². The highest BCUT2D eigenvalue weighted by atomic mass is 35.5. The number of rotatable bonds is 5. The van der Waals surface area contributed by atoms with Gasteiger partial charge in [-0.25, -0.2) is 4.98 Å². The van der Waals surface area contributed by atoms with E-state index in [4.69, 9.17) is 21.1 Å². The van der Waals surface area contributed by atoms with Crippen LogP contribution in [0.25, 0.3) is 22.4 Å². The average molecular weight is 493 g/mol. The van der Waals surface area contributed by atoms with E-state index >= 15 is 0 Å². The van der Waals surface area contributed by atoms with Crippen LogP contribution in [0.3, 0.4) is 0 Å². The van der Waals surface area contributed by atoms with Gasteiger partial charge in [0.05, 0.1) is 34.5 Å². The molecular formula is C26H25ClN4O4. The van der Waals surface area contributed by atoms with Crippen molar-refractivity contribution in [3.05, 3.63) is 64.7 Å². The van der Waals surface area contributed by atoms with Crippen molar-refractivity contribution < 1.29 is 19.4 Å². The van der Waals surface area contributed by atoms with E-state index in [9.17, 15) is 9.90 Å². The molecule has 35 heavy (non-hydrogen) atoms. The van der Waals surface area contributed by atoms with Gasteiger partial charge in [-0.1, -0.05) is 23.7 Å². The fraction of sp³-hybridized carbons (Fsp3) is 0.269. The number of imidazole rings is 1. The standard InChI is InChI=1S/C26H25ClN4O4/c1-14(32)31-26(2,3)16-5-7-17(8-6-16)35-25-28-20-13-19(27)23(29-24(20)30-25)15-4-9-22-18(12-15)21(33)10-11-34-22/h4-9,12-13,21,33H,10-11H2,1-3H3,(H,31,32)(H,28,29,30). The van der Waals surface area contributed by atoms with Gasteiger partial charge in [-0.15, -0.1) is 0 Å². The third-order valence-corrected chi connectivity index (χ3v) is 6.26. The van der Waals surface area contributed by atoms with Crippen LogP contribution < -0.4 is 14.8 Å². The highest BCUT2D eigenvalue weighted by Crippen LogP contribution is 2.37. The van der Waals surface area contributed by atoms with Crippen molar-refractivity contribution in [3.63, 3.8) is 0 Å². The van der Waals surface area contributed by atoms with Crippen molar-refractivity contribution in [2.75, 3.05) is 6.61 Å². The van der Waals surface area contributed by atoms with Crippen LogP contribution >= 0.6 is 11.6 Å². The number of aromatic amines is 1. The van der Waals surface area contributed by atoms with Gasteiger partial charge in [-0.2, -0.15) is 4.98 Å². The van der Waals surface area contributed by atoms with Crippen LogP contribution in [0.4, 0.5) is 0 Å². The van der Waals surface area contributed by atoms with Crippen molar-refractivity contribution in [2.24, 2.45) is 0 Å². The van der Waals surface area contributed by atoms with Crippen molar-refractivity contribution in [1.82, 2.24) is 20.3 Å². The van der Waals surface area contributed by atoms with Crippen molar-refractivity contribution in [2.45, 2.75) is 38.8 Å². The highest BCUT2D eigenvalue weighted by molar-refractivity contribution is 6.33. The number of fused-ring (bicyclic) bond motifs is 2. The molecule has 0 radical (unpaired) electrons. The summed E-state index contributed by atoms with van der Waals surface area (Å²) in [5.41, 5.74) is 3.59. The largest absolute Gasteiger partial charge is 0.493 e. The lowest BCUT2D eigenvalue weighted by Gasteiger charge is -2.26. The highest BCUT2D eigenvalue weighted by Gasteiger charge is 2.22. The summed E-state index contributed by atoms with van der Waals surface area (Å²) in [4.78, 5) is 23.7. The first-order chi connectivity index (χ1) is 16.7. The minimum absolute atomic E-state index is 0.0944. The molecule has 1 atom stereocenters. The Bertz CT molecular complexity index is 1420. The van der Waals surface area contributed by atoms with Crippen molar-refractivity contribution in [3.8, 4) is 28.8 Å². The molecule has 8 nitrogen and oxygen atoms in total. The number of nitrogens with one attached hydrogen (secondary N) is 2. The number of aliphatic hydroxyl groups is 1. The molecule has 1 unspecified atom stereocenters. The molecular weight excluding hydrogens is 468 g/mol. The molecule has 9 heteroatoms. The van der Waals surface area contributed by atoms with Gasteiger partial charge in [0.1, 0.15) is 11.5 Å². The zero-order chi connectivity index (χ0) is 24.7. The van der Waals surface area contributed by atoms with E-state index in [0.29, 0.717) is 46.4 Å². The van der Waals surface area contributed by atoms with E-state index in [2.05, 4.69) is 20.3 Å². The molecule has 0 saturated heterocycles. The second kappa shape index (κ2) is 8.87. The summed E-state index contributed by atoms with van der Waals surface area (Å²) < 4.78 is 11.5. The molecule has 2 aromatic carbocycles. The Hall–Kier alpha value is -3.62. The van der Waals surface area contributed by atoms with Crippen LogP contribution in [0.2, 0.25) is 5.02 Å². The molecule has 3 heterocycles. The number of aliphatic hydroxyl groups excluding tert-OH is 1. The summed E-state index contributed by atoms with van der Waals surface area (Å²) in [7, 11) is 0. The van der Waals surface area contributed by atoms with Crippen LogP contribution in [0.15, 0.2) is 48.5 Å². The van der Waals surface area contributed by atoms with Gasteiger partial charge in [0.15, 0.2) is 5.65 Å². The zero-order valence-electron chi connectivity index (χ0n) is 19.6. The molecule has 1 aliphatic heterocycles. The summed E-state index contributed by atoms with van der Waals surface area (Å²) in [6.45, 7) is 5.86. The van der Waals surface area contributed by atoms with Crippen LogP contribution in [-0.2, 0) is 10.3 Å². The maximum Gasteiger partial charge on any atom is 0.301 e. The predicted molar refractivity (Wildman–Crippen MR) is 133 cm³/mol. The maximum atomic E-state index is 11.5. The molecule has 0 saturated carbocycles. The number of H-pyrrole nitrogens is 1. The topological polar surface area (TPSA) is 109 Å². The van der Waals surface area contributed by atoms with E-state index in [1.807, 2.05) is 56.3 Å². The molecule has 0 aliphatic carbocycles. The Kier molecular flexibility index (Phi) is 5.86. The van der Waals surface area contributed by atoms with Crippen LogP contribution in [0.1, 0.15) is 44.4 Å². The van der Waals surface area contributed by atoms with E-state index in [1.54, 1.807) is 6.07 Å². The Morgan fingerprint density at radius 2 is 1.97 bits per heavy atom. The summed E-state index contributed by atoms with van der Waals surface area (Å²) in [6.07, 6.45) is -0.0376. The summed E-state index contributed by atoms with van der Waals surface area (Å²) in [5, 5.41) is 13.7. The number of amides is 1. The number of hydrogen-bond donors (Lipinski definition) is 3. The first kappa shape index (κ1) is 23.1. The Balaban J connectivity index is 1.40. The normalized spacial score (nSPS) is 15.4. The van der Waals surface area contributed by atoms with Gasteiger partial charge in [0, 0.05) is 24.5 Å². The third kappa shape index (κ3) is 4.67. The van der Waals surface area contributed by atoms with E-state index in [0.717, 1.165) is 16.7 Å². The van der Waals surface area contributed by atoms with E-state index in [-0.39, 0.29) is 11.9 Å². The maximum absolute atomic E-state index is 11.5. The number of ether oxygens (including phenoxy) is 2. The second-order valence-electron chi connectivity index (χ2n) is 9.07. The monoisotopic (exact) mass is 492 g/mol. The Morgan fingerprint density at radius 1 is 1.20 bits per heavy atom.